The minimum atomic E-state index is -1.11. The van der Waals surface area contributed by atoms with Gasteiger partial charge >= 0.3 is 5.97 Å². The summed E-state index contributed by atoms with van der Waals surface area (Å²) < 4.78 is 6.34. The molecule has 2 rings (SSSR count). The van der Waals surface area contributed by atoms with Crippen LogP contribution in [-0.2, 0) is 21.4 Å². The number of nitrogens with one attached hydrogen (secondary N) is 1. The van der Waals surface area contributed by atoms with E-state index in [1.54, 1.807) is 46.0 Å². The van der Waals surface area contributed by atoms with Crippen LogP contribution in [0.3, 0.4) is 0 Å². The maximum absolute atomic E-state index is 12.2. The second kappa shape index (κ2) is 8.54. The minimum absolute atomic E-state index is 0.187. The van der Waals surface area contributed by atoms with Crippen molar-refractivity contribution in [3.63, 3.8) is 0 Å². The predicted octanol–water partition coefficient (Wildman–Crippen LogP) is 2.95. The largest absolute Gasteiger partial charge is 0.450 e. The van der Waals surface area contributed by atoms with E-state index in [2.05, 4.69) is 10.4 Å². The first kappa shape index (κ1) is 20.9. The lowest BCUT2D eigenvalue weighted by atomic mass is 10.1. The molecule has 9 heteroatoms. The standard InChI is InChI=1S/C18H19Cl2N3O4/c1-9(12-5-6-13(19)14(20)7-12)21-15(24)8-27-18(26)17(25)16-10(2)22-23(4)11(16)3/h5-7,9H,8H2,1-4H3,(H,21,24). The summed E-state index contributed by atoms with van der Waals surface area (Å²) in [6.45, 7) is 4.46. The second-order valence-corrected chi connectivity index (χ2v) is 6.85. The molecule has 0 aliphatic carbocycles. The molecule has 7 nitrogen and oxygen atoms in total. The molecular weight excluding hydrogens is 393 g/mol. The SMILES string of the molecule is Cc1nn(C)c(C)c1C(=O)C(=O)OCC(=O)NC(C)c1ccc(Cl)c(Cl)c1. The fourth-order valence-electron chi connectivity index (χ4n) is 2.55. The number of ketones is 1. The van der Waals surface area contributed by atoms with Crippen molar-refractivity contribution in [1.29, 1.82) is 0 Å². The number of hydrogen-bond donors (Lipinski definition) is 1. The van der Waals surface area contributed by atoms with Gasteiger partial charge in [-0.25, -0.2) is 4.79 Å². The van der Waals surface area contributed by atoms with E-state index in [1.807, 2.05) is 0 Å². The van der Waals surface area contributed by atoms with Gasteiger partial charge in [0, 0.05) is 12.7 Å². The van der Waals surface area contributed by atoms with Crippen molar-refractivity contribution in [3.05, 3.63) is 50.8 Å². The van der Waals surface area contributed by atoms with Gasteiger partial charge in [-0.3, -0.25) is 14.3 Å². The van der Waals surface area contributed by atoms with Crippen LogP contribution in [0.5, 0.6) is 0 Å². The second-order valence-electron chi connectivity index (χ2n) is 6.04. The summed E-state index contributed by atoms with van der Waals surface area (Å²) in [6, 6.07) is 4.60. The summed E-state index contributed by atoms with van der Waals surface area (Å²) in [5.74, 6) is -2.48. The average molecular weight is 412 g/mol. The Hall–Kier alpha value is -2.38. The van der Waals surface area contributed by atoms with Crippen molar-refractivity contribution in [3.8, 4) is 0 Å². The molecule has 0 spiro atoms. The van der Waals surface area contributed by atoms with Crippen LogP contribution in [0.2, 0.25) is 10.0 Å². The number of benzene rings is 1. The molecule has 27 heavy (non-hydrogen) atoms. The van der Waals surface area contributed by atoms with Crippen LogP contribution < -0.4 is 5.32 Å². The van der Waals surface area contributed by atoms with Crippen LogP contribution in [0.15, 0.2) is 18.2 Å². The third-order valence-corrected chi connectivity index (χ3v) is 4.82. The molecule has 144 valence electrons. The molecular formula is C18H19Cl2N3O4. The highest BCUT2D eigenvalue weighted by Gasteiger charge is 2.26. The van der Waals surface area contributed by atoms with Crippen LogP contribution >= 0.6 is 23.2 Å². The Morgan fingerprint density at radius 1 is 1.22 bits per heavy atom. The number of carbonyl (C=O) groups is 3. The number of Topliss-reactive ketones (excluding diaryl/α,β-unsaturated/α-hetero) is 1. The lowest BCUT2D eigenvalue weighted by Gasteiger charge is -2.15. The normalized spacial score (nSPS) is 11.8. The summed E-state index contributed by atoms with van der Waals surface area (Å²) in [6.07, 6.45) is 0. The molecule has 1 N–H and O–H groups in total. The van der Waals surface area contributed by atoms with E-state index < -0.39 is 24.3 Å². The molecule has 0 saturated carbocycles. The highest BCUT2D eigenvalue weighted by molar-refractivity contribution is 6.42. The topological polar surface area (TPSA) is 90.3 Å². The van der Waals surface area contributed by atoms with Crippen LogP contribution in [0.4, 0.5) is 0 Å². The number of esters is 1. The van der Waals surface area contributed by atoms with Crippen molar-refractivity contribution in [2.45, 2.75) is 26.8 Å². The number of amides is 1. The molecule has 0 radical (unpaired) electrons. The van der Waals surface area contributed by atoms with E-state index in [9.17, 15) is 14.4 Å². The van der Waals surface area contributed by atoms with Gasteiger partial charge in [-0.1, -0.05) is 29.3 Å². The first-order valence-corrected chi connectivity index (χ1v) is 8.83. The number of halogens is 2. The molecule has 1 aromatic heterocycles. The molecule has 1 atom stereocenters. The molecule has 0 saturated heterocycles. The number of rotatable bonds is 6. The van der Waals surface area contributed by atoms with Crippen molar-refractivity contribution < 1.29 is 19.1 Å². The maximum atomic E-state index is 12.2. The Morgan fingerprint density at radius 3 is 2.44 bits per heavy atom. The number of nitrogens with zero attached hydrogens (tertiary/aromatic N) is 2. The number of ether oxygens (including phenoxy) is 1. The molecule has 0 aliphatic rings. The van der Waals surface area contributed by atoms with E-state index in [-0.39, 0.29) is 11.6 Å². The van der Waals surface area contributed by atoms with Crippen LogP contribution in [0.1, 0.15) is 40.3 Å². The van der Waals surface area contributed by atoms with Gasteiger partial charge in [0.2, 0.25) is 0 Å². The zero-order chi connectivity index (χ0) is 20.3. The quantitative estimate of drug-likeness (QED) is 0.448. The lowest BCUT2D eigenvalue weighted by Crippen LogP contribution is -2.32. The third kappa shape index (κ3) is 4.87. The zero-order valence-corrected chi connectivity index (χ0v) is 16.8. The Morgan fingerprint density at radius 2 is 1.89 bits per heavy atom. The summed E-state index contributed by atoms with van der Waals surface area (Å²) in [5.41, 5.74) is 1.90. The summed E-state index contributed by atoms with van der Waals surface area (Å²) in [5, 5.41) is 7.52. The fourth-order valence-corrected chi connectivity index (χ4v) is 2.86. The first-order chi connectivity index (χ1) is 12.6. The minimum Gasteiger partial charge on any atom is -0.450 e. The lowest BCUT2D eigenvalue weighted by molar-refractivity contribution is -0.144. The Kier molecular flexibility index (Phi) is 6.62. The molecule has 1 amide bonds. The predicted molar refractivity (Wildman–Crippen MR) is 101 cm³/mol. The van der Waals surface area contributed by atoms with Gasteiger partial charge in [-0.05, 0) is 38.5 Å². The number of carbonyl (C=O) groups excluding carboxylic acids is 3. The Labute approximate surface area is 166 Å². The monoisotopic (exact) mass is 411 g/mol. The fraction of sp³-hybridized carbons (Fsp3) is 0.333. The molecule has 0 aliphatic heterocycles. The molecule has 2 aromatic rings. The first-order valence-electron chi connectivity index (χ1n) is 8.07. The Bertz CT molecular complexity index is 908. The van der Waals surface area contributed by atoms with E-state index in [0.29, 0.717) is 21.4 Å². The number of aryl methyl sites for hydroxylation is 2. The molecule has 1 aromatic carbocycles. The zero-order valence-electron chi connectivity index (χ0n) is 15.3. The van der Waals surface area contributed by atoms with Gasteiger partial charge in [0.15, 0.2) is 6.61 Å². The number of aromatic nitrogens is 2. The van der Waals surface area contributed by atoms with Crippen molar-refractivity contribution in [2.75, 3.05) is 6.61 Å². The van der Waals surface area contributed by atoms with Crippen LogP contribution in [-0.4, -0.2) is 34.0 Å². The van der Waals surface area contributed by atoms with Gasteiger partial charge < -0.3 is 10.1 Å². The molecule has 0 fully saturated rings. The average Bonchev–Trinajstić information content (AvgIpc) is 2.86. The maximum Gasteiger partial charge on any atom is 0.380 e. The number of hydrogen-bond acceptors (Lipinski definition) is 5. The van der Waals surface area contributed by atoms with Crippen molar-refractivity contribution >= 4 is 40.9 Å². The van der Waals surface area contributed by atoms with E-state index in [1.165, 1.54) is 4.68 Å². The summed E-state index contributed by atoms with van der Waals surface area (Å²) >= 11 is 11.8. The smallest absolute Gasteiger partial charge is 0.380 e. The van der Waals surface area contributed by atoms with E-state index in [0.717, 1.165) is 5.56 Å². The van der Waals surface area contributed by atoms with Gasteiger partial charge in [-0.2, -0.15) is 5.10 Å². The molecule has 1 unspecified atom stereocenters. The van der Waals surface area contributed by atoms with Gasteiger partial charge in [0.05, 0.1) is 27.3 Å². The van der Waals surface area contributed by atoms with E-state index in [4.69, 9.17) is 27.9 Å². The molecule has 1 heterocycles. The summed E-state index contributed by atoms with van der Waals surface area (Å²) in [7, 11) is 1.67. The van der Waals surface area contributed by atoms with Gasteiger partial charge in [0.25, 0.3) is 11.7 Å². The third-order valence-electron chi connectivity index (χ3n) is 4.08. The van der Waals surface area contributed by atoms with Crippen molar-refractivity contribution in [2.24, 2.45) is 7.05 Å². The van der Waals surface area contributed by atoms with Crippen LogP contribution in [0.25, 0.3) is 0 Å². The Balaban J connectivity index is 1.93. The van der Waals surface area contributed by atoms with Gasteiger partial charge in [-0.15, -0.1) is 0 Å². The molecule has 0 bridgehead atoms. The highest BCUT2D eigenvalue weighted by Crippen LogP contribution is 2.25. The van der Waals surface area contributed by atoms with Gasteiger partial charge in [0.1, 0.15) is 0 Å². The van der Waals surface area contributed by atoms with Crippen LogP contribution in [0, 0.1) is 13.8 Å². The highest BCUT2D eigenvalue weighted by atomic mass is 35.5. The van der Waals surface area contributed by atoms with Crippen molar-refractivity contribution in [1.82, 2.24) is 15.1 Å². The summed E-state index contributed by atoms with van der Waals surface area (Å²) in [4.78, 5) is 36.2. The van der Waals surface area contributed by atoms with E-state index >= 15 is 0 Å².